The van der Waals surface area contributed by atoms with Crippen LogP contribution >= 0.6 is 11.3 Å². The molecule has 1 aliphatic heterocycles. The summed E-state index contributed by atoms with van der Waals surface area (Å²) < 4.78 is 0. The smallest absolute Gasteiger partial charge is 0.129 e. The topological polar surface area (TPSA) is 65.1 Å². The van der Waals surface area contributed by atoms with Crippen molar-refractivity contribution < 1.29 is 0 Å². The van der Waals surface area contributed by atoms with Crippen LogP contribution in [0.1, 0.15) is 24.6 Å². The van der Waals surface area contributed by atoms with Crippen LogP contribution in [0, 0.1) is 11.3 Å². The molecule has 0 bridgehead atoms. The third kappa shape index (κ3) is 3.11. The van der Waals surface area contributed by atoms with E-state index in [1.54, 1.807) is 0 Å². The zero-order valence-corrected chi connectivity index (χ0v) is 10.9. The van der Waals surface area contributed by atoms with Crippen molar-refractivity contribution in [3.8, 4) is 6.07 Å². The maximum atomic E-state index is 8.84. The molecule has 2 heterocycles. The van der Waals surface area contributed by atoms with E-state index in [1.807, 2.05) is 6.07 Å². The molecule has 0 amide bonds. The Morgan fingerprint density at radius 1 is 1.59 bits per heavy atom. The van der Waals surface area contributed by atoms with Crippen LogP contribution in [0.2, 0.25) is 0 Å². The number of likely N-dealkylation sites (tertiary alicyclic amines) is 1. The number of nitrogen functional groups attached to an aromatic ring is 1. The number of hydrogen-bond donors (Lipinski definition) is 2. The van der Waals surface area contributed by atoms with Gasteiger partial charge in [-0.05, 0) is 38.9 Å². The van der Waals surface area contributed by atoms with E-state index in [-0.39, 0.29) is 0 Å². The van der Waals surface area contributed by atoms with Crippen molar-refractivity contribution in [1.82, 2.24) is 4.90 Å². The molecule has 2 rings (SSSR count). The Balaban J connectivity index is 1.88. The first kappa shape index (κ1) is 12.2. The monoisotopic (exact) mass is 250 g/mol. The lowest BCUT2D eigenvalue weighted by atomic mass is 10.3. The molecule has 1 saturated heterocycles. The molecular formula is C12H18N4S. The van der Waals surface area contributed by atoms with Gasteiger partial charge in [-0.25, -0.2) is 0 Å². The predicted molar refractivity (Wildman–Crippen MR) is 72.2 cm³/mol. The number of nitrogens with two attached hydrogens (primary N) is 1. The van der Waals surface area contributed by atoms with E-state index in [9.17, 15) is 0 Å². The molecule has 1 atom stereocenters. The Morgan fingerprint density at radius 3 is 2.88 bits per heavy atom. The average Bonchev–Trinajstić information content (AvgIpc) is 2.88. The quantitative estimate of drug-likeness (QED) is 0.859. The second-order valence-electron chi connectivity index (χ2n) is 4.56. The van der Waals surface area contributed by atoms with Crippen LogP contribution in [-0.2, 0) is 0 Å². The van der Waals surface area contributed by atoms with Gasteiger partial charge < -0.3 is 16.0 Å². The first-order valence-corrected chi connectivity index (χ1v) is 6.79. The Bertz CT molecular complexity index is 415. The van der Waals surface area contributed by atoms with Gasteiger partial charge in [-0.2, -0.15) is 5.26 Å². The molecule has 1 aromatic rings. The van der Waals surface area contributed by atoms with Crippen LogP contribution in [0.25, 0.3) is 0 Å². The van der Waals surface area contributed by atoms with E-state index in [1.165, 1.54) is 37.3 Å². The number of thiophene rings is 1. The molecule has 0 spiro atoms. The molecule has 1 aromatic heterocycles. The fourth-order valence-corrected chi connectivity index (χ4v) is 3.09. The van der Waals surface area contributed by atoms with E-state index in [0.717, 1.165) is 11.5 Å². The van der Waals surface area contributed by atoms with Gasteiger partial charge in [0.15, 0.2) is 0 Å². The molecule has 17 heavy (non-hydrogen) atoms. The molecule has 4 nitrogen and oxygen atoms in total. The van der Waals surface area contributed by atoms with Gasteiger partial charge in [-0.15, -0.1) is 11.3 Å². The predicted octanol–water partition coefficient (Wildman–Crippen LogP) is 2.10. The lowest BCUT2D eigenvalue weighted by molar-refractivity contribution is 0.328. The Morgan fingerprint density at radius 2 is 2.29 bits per heavy atom. The number of nitrogens with one attached hydrogen (secondary N) is 1. The minimum Gasteiger partial charge on any atom is -0.397 e. The third-order valence-electron chi connectivity index (χ3n) is 2.98. The van der Waals surface area contributed by atoms with Crippen molar-refractivity contribution >= 4 is 22.0 Å². The summed E-state index contributed by atoms with van der Waals surface area (Å²) in [6.07, 6.45) is 2.63. The van der Waals surface area contributed by atoms with Crippen LogP contribution in [0.15, 0.2) is 6.07 Å². The summed E-state index contributed by atoms with van der Waals surface area (Å²) in [5, 5.41) is 13.2. The lowest BCUT2D eigenvalue weighted by Gasteiger charge is -2.21. The van der Waals surface area contributed by atoms with E-state index in [4.69, 9.17) is 11.0 Å². The highest BCUT2D eigenvalue weighted by atomic mass is 32.1. The summed E-state index contributed by atoms with van der Waals surface area (Å²) in [4.78, 5) is 3.07. The normalized spacial score (nSPS) is 17.9. The maximum absolute atomic E-state index is 8.84. The molecule has 3 N–H and O–H groups in total. The number of anilines is 2. The largest absolute Gasteiger partial charge is 0.397 e. The molecule has 92 valence electrons. The van der Waals surface area contributed by atoms with Crippen LogP contribution in [0.3, 0.4) is 0 Å². The van der Waals surface area contributed by atoms with Gasteiger partial charge in [0.1, 0.15) is 10.9 Å². The molecule has 1 unspecified atom stereocenters. The van der Waals surface area contributed by atoms with Crippen molar-refractivity contribution in [2.75, 3.05) is 30.7 Å². The van der Waals surface area contributed by atoms with Crippen molar-refractivity contribution in [3.63, 3.8) is 0 Å². The minimum atomic E-state index is 0.387. The highest BCUT2D eigenvalue weighted by Gasteiger charge is 2.15. The Labute approximate surface area is 106 Å². The highest BCUT2D eigenvalue weighted by Crippen LogP contribution is 2.28. The molecule has 0 radical (unpaired) electrons. The summed E-state index contributed by atoms with van der Waals surface area (Å²) in [5.41, 5.74) is 6.31. The SMILES string of the molecule is CC(CN1CCCC1)Nc1cc(N)c(C#N)s1. The van der Waals surface area contributed by atoms with Crippen molar-refractivity contribution in [1.29, 1.82) is 5.26 Å². The first-order chi connectivity index (χ1) is 8.19. The summed E-state index contributed by atoms with van der Waals surface area (Å²) >= 11 is 1.43. The average molecular weight is 250 g/mol. The van der Waals surface area contributed by atoms with E-state index in [0.29, 0.717) is 16.6 Å². The molecule has 1 fully saturated rings. The minimum absolute atomic E-state index is 0.387. The summed E-state index contributed by atoms with van der Waals surface area (Å²) in [6, 6.07) is 4.34. The fourth-order valence-electron chi connectivity index (χ4n) is 2.20. The molecule has 5 heteroatoms. The van der Waals surface area contributed by atoms with Gasteiger partial charge in [-0.1, -0.05) is 0 Å². The molecule has 0 saturated carbocycles. The molecule has 0 aromatic carbocycles. The zero-order chi connectivity index (χ0) is 12.3. The molecule has 0 aliphatic carbocycles. The van der Waals surface area contributed by atoms with Crippen LogP contribution in [-0.4, -0.2) is 30.6 Å². The van der Waals surface area contributed by atoms with Gasteiger partial charge in [0.05, 0.1) is 10.7 Å². The van der Waals surface area contributed by atoms with Crippen LogP contribution in [0.4, 0.5) is 10.7 Å². The van der Waals surface area contributed by atoms with Gasteiger partial charge >= 0.3 is 0 Å². The second kappa shape index (κ2) is 5.39. The number of nitrogens with zero attached hydrogens (tertiary/aromatic N) is 2. The molecular weight excluding hydrogens is 232 g/mol. The van der Waals surface area contributed by atoms with Crippen molar-refractivity contribution in [3.05, 3.63) is 10.9 Å². The number of nitriles is 1. The number of rotatable bonds is 4. The third-order valence-corrected chi connectivity index (χ3v) is 3.97. The fraction of sp³-hybridized carbons (Fsp3) is 0.583. The zero-order valence-electron chi connectivity index (χ0n) is 10.1. The maximum Gasteiger partial charge on any atom is 0.129 e. The highest BCUT2D eigenvalue weighted by molar-refractivity contribution is 7.17. The number of hydrogen-bond acceptors (Lipinski definition) is 5. The second-order valence-corrected chi connectivity index (χ2v) is 5.61. The summed E-state index contributed by atoms with van der Waals surface area (Å²) in [6.45, 7) is 5.64. The van der Waals surface area contributed by atoms with Crippen molar-refractivity contribution in [2.24, 2.45) is 0 Å². The van der Waals surface area contributed by atoms with Gasteiger partial charge in [0.2, 0.25) is 0 Å². The van der Waals surface area contributed by atoms with E-state index in [2.05, 4.69) is 23.2 Å². The standard InChI is InChI=1S/C12H18N4S/c1-9(8-16-4-2-3-5-16)15-12-6-10(14)11(7-13)17-12/h6,9,15H,2-5,8,14H2,1H3. The Hall–Kier alpha value is -1.25. The summed E-state index contributed by atoms with van der Waals surface area (Å²) in [5.74, 6) is 0. The van der Waals surface area contributed by atoms with Crippen LogP contribution < -0.4 is 11.1 Å². The summed E-state index contributed by atoms with van der Waals surface area (Å²) in [7, 11) is 0. The van der Waals surface area contributed by atoms with Crippen molar-refractivity contribution in [2.45, 2.75) is 25.8 Å². The first-order valence-electron chi connectivity index (χ1n) is 5.97. The van der Waals surface area contributed by atoms with E-state index < -0.39 is 0 Å². The van der Waals surface area contributed by atoms with E-state index >= 15 is 0 Å². The molecule has 1 aliphatic rings. The van der Waals surface area contributed by atoms with Gasteiger partial charge in [-0.3, -0.25) is 0 Å². The van der Waals surface area contributed by atoms with Gasteiger partial charge in [0.25, 0.3) is 0 Å². The van der Waals surface area contributed by atoms with Crippen LogP contribution in [0.5, 0.6) is 0 Å². The lowest BCUT2D eigenvalue weighted by Crippen LogP contribution is -2.32. The Kier molecular flexibility index (Phi) is 3.87. The van der Waals surface area contributed by atoms with Gasteiger partial charge in [0, 0.05) is 12.6 Å².